The largest absolute Gasteiger partial charge is 0.492 e. The summed E-state index contributed by atoms with van der Waals surface area (Å²) in [5, 5.41) is 6.63. The number of aliphatic imine (C=N–C) groups is 1. The number of nitrogens with zero attached hydrogens (tertiary/aromatic N) is 2. The summed E-state index contributed by atoms with van der Waals surface area (Å²) in [5.74, 6) is 1.68. The number of ether oxygens (including phenoxy) is 4. The van der Waals surface area contributed by atoms with Crippen molar-refractivity contribution in [2.24, 2.45) is 4.99 Å². The second kappa shape index (κ2) is 15.0. The summed E-state index contributed by atoms with van der Waals surface area (Å²) in [6, 6.07) is 8.18. The van der Waals surface area contributed by atoms with Crippen molar-refractivity contribution in [2.75, 3.05) is 80.0 Å². The van der Waals surface area contributed by atoms with Crippen LogP contribution >= 0.6 is 0 Å². The highest BCUT2D eigenvalue weighted by molar-refractivity contribution is 5.79. The lowest BCUT2D eigenvalue weighted by atomic mass is 10.2. The predicted octanol–water partition coefficient (Wildman–Crippen LogP) is 1.12. The molecule has 2 rings (SSSR count). The molecule has 2 N–H and O–H groups in total. The lowest BCUT2D eigenvalue weighted by Crippen LogP contribution is -2.38. The van der Waals surface area contributed by atoms with Gasteiger partial charge in [0.2, 0.25) is 0 Å². The predicted molar refractivity (Wildman–Crippen MR) is 115 cm³/mol. The van der Waals surface area contributed by atoms with E-state index in [0.717, 1.165) is 63.1 Å². The summed E-state index contributed by atoms with van der Waals surface area (Å²) in [7, 11) is 3.45. The maximum Gasteiger partial charge on any atom is 0.191 e. The molecule has 0 radical (unpaired) electrons. The first kappa shape index (κ1) is 23.4. The van der Waals surface area contributed by atoms with Gasteiger partial charge in [0.05, 0.1) is 26.4 Å². The highest BCUT2D eigenvalue weighted by Crippen LogP contribution is 2.13. The third-order valence-electron chi connectivity index (χ3n) is 4.55. The van der Waals surface area contributed by atoms with Crippen LogP contribution in [0.4, 0.5) is 0 Å². The Morgan fingerprint density at radius 3 is 2.79 bits per heavy atom. The van der Waals surface area contributed by atoms with Crippen LogP contribution in [0.25, 0.3) is 0 Å². The topological polar surface area (TPSA) is 76.6 Å². The van der Waals surface area contributed by atoms with E-state index in [2.05, 4.69) is 32.7 Å². The van der Waals surface area contributed by atoms with Crippen molar-refractivity contribution in [3.8, 4) is 5.75 Å². The van der Waals surface area contributed by atoms with Gasteiger partial charge in [-0.05, 0) is 24.1 Å². The smallest absolute Gasteiger partial charge is 0.191 e. The van der Waals surface area contributed by atoms with Gasteiger partial charge in [0.1, 0.15) is 12.4 Å². The molecule has 0 aromatic heterocycles. The summed E-state index contributed by atoms with van der Waals surface area (Å²) in [6.45, 7) is 8.68. The van der Waals surface area contributed by atoms with Crippen molar-refractivity contribution in [1.29, 1.82) is 0 Å². The quantitative estimate of drug-likeness (QED) is 0.288. The minimum Gasteiger partial charge on any atom is -0.492 e. The maximum absolute atomic E-state index is 5.92. The number of guanidine groups is 1. The van der Waals surface area contributed by atoms with E-state index in [4.69, 9.17) is 18.9 Å². The molecule has 0 aliphatic carbocycles. The molecule has 1 aromatic carbocycles. The average Bonchev–Trinajstić information content (AvgIpc) is 2.76. The second-order valence-corrected chi connectivity index (χ2v) is 6.76. The van der Waals surface area contributed by atoms with Crippen LogP contribution in [0.1, 0.15) is 12.0 Å². The Morgan fingerprint density at radius 1 is 1.14 bits per heavy atom. The van der Waals surface area contributed by atoms with Crippen molar-refractivity contribution in [3.05, 3.63) is 29.8 Å². The van der Waals surface area contributed by atoms with Gasteiger partial charge in [-0.25, -0.2) is 0 Å². The molecule has 1 saturated heterocycles. The van der Waals surface area contributed by atoms with Gasteiger partial charge in [0.15, 0.2) is 5.96 Å². The normalized spacial score (nSPS) is 15.3. The summed E-state index contributed by atoms with van der Waals surface area (Å²) in [5.41, 5.74) is 1.15. The van der Waals surface area contributed by atoms with Crippen LogP contribution in [0.3, 0.4) is 0 Å². The Bertz CT molecular complexity index is 580. The summed E-state index contributed by atoms with van der Waals surface area (Å²) in [6.07, 6.45) is 0.914. The highest BCUT2D eigenvalue weighted by Gasteiger charge is 2.09. The number of hydrogen-bond acceptors (Lipinski definition) is 6. The van der Waals surface area contributed by atoms with E-state index >= 15 is 0 Å². The van der Waals surface area contributed by atoms with Crippen molar-refractivity contribution in [2.45, 2.75) is 13.0 Å². The van der Waals surface area contributed by atoms with E-state index in [-0.39, 0.29) is 0 Å². The van der Waals surface area contributed by atoms with Gasteiger partial charge in [-0.15, -0.1) is 0 Å². The van der Waals surface area contributed by atoms with Crippen LogP contribution in [0.5, 0.6) is 5.75 Å². The van der Waals surface area contributed by atoms with Crippen LogP contribution in [-0.2, 0) is 20.8 Å². The van der Waals surface area contributed by atoms with Crippen LogP contribution in [-0.4, -0.2) is 90.8 Å². The zero-order chi connectivity index (χ0) is 20.6. The molecule has 1 aromatic rings. The molecule has 164 valence electrons. The molecule has 1 aliphatic rings. The zero-order valence-corrected chi connectivity index (χ0v) is 17.8. The molecule has 8 heteroatoms. The Labute approximate surface area is 174 Å². The molecule has 8 nitrogen and oxygen atoms in total. The lowest BCUT2D eigenvalue weighted by molar-refractivity contribution is 0.0322. The Balaban J connectivity index is 1.62. The Hall–Kier alpha value is -1.87. The van der Waals surface area contributed by atoms with Gasteiger partial charge in [0, 0.05) is 53.5 Å². The number of benzene rings is 1. The fraction of sp³-hybridized carbons (Fsp3) is 0.667. The monoisotopic (exact) mass is 408 g/mol. The first-order valence-corrected chi connectivity index (χ1v) is 10.3. The SMILES string of the molecule is CN=C(NCCCOCCOC)NCc1cccc(OCCN2CCOCC2)c1. The van der Waals surface area contributed by atoms with Crippen molar-refractivity contribution in [3.63, 3.8) is 0 Å². The number of nitrogens with one attached hydrogen (secondary N) is 2. The van der Waals surface area contributed by atoms with Crippen LogP contribution in [0.15, 0.2) is 29.3 Å². The molecule has 0 atom stereocenters. The summed E-state index contributed by atoms with van der Waals surface area (Å²) < 4.78 is 21.7. The van der Waals surface area contributed by atoms with Gasteiger partial charge < -0.3 is 29.6 Å². The molecule has 0 saturated carbocycles. The molecule has 0 amide bonds. The molecule has 29 heavy (non-hydrogen) atoms. The van der Waals surface area contributed by atoms with Crippen LogP contribution in [0.2, 0.25) is 0 Å². The van der Waals surface area contributed by atoms with Crippen molar-refractivity contribution in [1.82, 2.24) is 15.5 Å². The Morgan fingerprint density at radius 2 is 2.00 bits per heavy atom. The molecular formula is C21H36N4O4. The van der Waals surface area contributed by atoms with Crippen LogP contribution < -0.4 is 15.4 Å². The lowest BCUT2D eigenvalue weighted by Gasteiger charge is -2.26. The molecule has 1 fully saturated rings. The minimum absolute atomic E-state index is 0.632. The number of rotatable bonds is 13. The number of morpholine rings is 1. The Kier molecular flexibility index (Phi) is 12.1. The third kappa shape index (κ3) is 10.5. The summed E-state index contributed by atoms with van der Waals surface area (Å²) in [4.78, 5) is 6.63. The van der Waals surface area contributed by atoms with E-state index in [1.165, 1.54) is 0 Å². The second-order valence-electron chi connectivity index (χ2n) is 6.76. The van der Waals surface area contributed by atoms with E-state index in [1.54, 1.807) is 14.2 Å². The fourth-order valence-electron chi connectivity index (χ4n) is 2.89. The first-order chi connectivity index (χ1) is 14.3. The highest BCUT2D eigenvalue weighted by atomic mass is 16.5. The van der Waals surface area contributed by atoms with Crippen LogP contribution in [0, 0.1) is 0 Å². The molecule has 1 aliphatic heterocycles. The minimum atomic E-state index is 0.632. The zero-order valence-electron chi connectivity index (χ0n) is 17.8. The number of hydrogen-bond donors (Lipinski definition) is 2. The maximum atomic E-state index is 5.92. The van der Waals surface area contributed by atoms with Gasteiger partial charge >= 0.3 is 0 Å². The molecule has 0 spiro atoms. The van der Waals surface area contributed by atoms with Crippen molar-refractivity contribution < 1.29 is 18.9 Å². The fourth-order valence-corrected chi connectivity index (χ4v) is 2.89. The van der Waals surface area contributed by atoms with Crippen molar-refractivity contribution >= 4 is 5.96 Å². The van der Waals surface area contributed by atoms with E-state index in [0.29, 0.717) is 33.0 Å². The average molecular weight is 409 g/mol. The third-order valence-corrected chi connectivity index (χ3v) is 4.55. The molecule has 0 unspecified atom stereocenters. The number of methoxy groups -OCH3 is 1. The molecular weight excluding hydrogens is 372 g/mol. The van der Waals surface area contributed by atoms with Gasteiger partial charge in [-0.1, -0.05) is 12.1 Å². The first-order valence-electron chi connectivity index (χ1n) is 10.3. The molecule has 1 heterocycles. The standard InChI is InChI=1S/C21H36N4O4/c1-22-21(23-7-4-11-27-16-15-26-2)24-18-19-5-3-6-20(17-19)29-14-10-25-8-12-28-13-9-25/h3,5-6,17H,4,7-16,18H2,1-2H3,(H2,22,23,24). The van der Waals surface area contributed by atoms with Gasteiger partial charge in [-0.3, -0.25) is 9.89 Å². The summed E-state index contributed by atoms with van der Waals surface area (Å²) >= 11 is 0. The van der Waals surface area contributed by atoms with Gasteiger partial charge in [0.25, 0.3) is 0 Å². The molecule has 0 bridgehead atoms. The van der Waals surface area contributed by atoms with E-state index in [9.17, 15) is 0 Å². The van der Waals surface area contributed by atoms with E-state index in [1.807, 2.05) is 12.1 Å². The van der Waals surface area contributed by atoms with Gasteiger partial charge in [-0.2, -0.15) is 0 Å². The van der Waals surface area contributed by atoms with E-state index < -0.39 is 0 Å².